The van der Waals surface area contributed by atoms with Crippen molar-refractivity contribution < 1.29 is 33.7 Å². The maximum atomic E-state index is 13.5. The number of aliphatic hydroxyl groups excluding tert-OH is 1. The number of methoxy groups -OCH3 is 1. The number of benzene rings is 4. The first-order valence-electron chi connectivity index (χ1n) is 13.8. The normalized spacial score (nSPS) is 15.8. The number of esters is 1. The monoisotopic (exact) mass is 577 g/mol. The summed E-state index contributed by atoms with van der Waals surface area (Å²) in [5, 5.41) is 11.6. The van der Waals surface area contributed by atoms with E-state index in [1.54, 1.807) is 68.6 Å². The van der Waals surface area contributed by atoms with E-state index in [9.17, 15) is 19.5 Å². The molecule has 218 valence electrons. The van der Waals surface area contributed by atoms with Crippen molar-refractivity contribution >= 4 is 29.1 Å². The summed E-state index contributed by atoms with van der Waals surface area (Å²) < 4.78 is 16.3. The highest BCUT2D eigenvalue weighted by atomic mass is 16.5. The van der Waals surface area contributed by atoms with Crippen LogP contribution >= 0.6 is 0 Å². The maximum Gasteiger partial charge on any atom is 0.338 e. The number of hydrogen-bond acceptors (Lipinski definition) is 7. The van der Waals surface area contributed by atoms with Gasteiger partial charge >= 0.3 is 5.97 Å². The quantitative estimate of drug-likeness (QED) is 0.107. The fourth-order valence-corrected chi connectivity index (χ4v) is 5.02. The third kappa shape index (κ3) is 5.99. The molecule has 0 radical (unpaired) electrons. The molecule has 1 N–H and O–H groups in total. The van der Waals surface area contributed by atoms with Crippen LogP contribution in [0, 0.1) is 6.92 Å². The Morgan fingerprint density at radius 2 is 1.56 bits per heavy atom. The van der Waals surface area contributed by atoms with E-state index in [0.717, 1.165) is 11.1 Å². The number of ether oxygens (including phenoxy) is 3. The summed E-state index contributed by atoms with van der Waals surface area (Å²) in [6.07, 6.45) is 0. The predicted molar refractivity (Wildman–Crippen MR) is 162 cm³/mol. The van der Waals surface area contributed by atoms with Crippen LogP contribution in [0.1, 0.15) is 45.6 Å². The van der Waals surface area contributed by atoms with Crippen LogP contribution in [0.5, 0.6) is 11.5 Å². The Kier molecular flexibility index (Phi) is 8.57. The number of Topliss-reactive ketones (excluding diaryl/α,β-unsaturated/α-hetero) is 1. The second-order valence-electron chi connectivity index (χ2n) is 9.96. The summed E-state index contributed by atoms with van der Waals surface area (Å²) in [5.74, 6) is -1.19. The SMILES string of the molecule is CCOC(=O)c1ccc(N2C(=O)C(=O)/C(=C(\O)c3ccc(OCc4ccccc4)c(C)c3)C2c2ccc(OC)cc2)cc1. The van der Waals surface area contributed by atoms with E-state index < -0.39 is 23.7 Å². The number of anilines is 1. The van der Waals surface area contributed by atoms with E-state index >= 15 is 0 Å². The number of ketones is 1. The summed E-state index contributed by atoms with van der Waals surface area (Å²) >= 11 is 0. The molecule has 1 aliphatic heterocycles. The molecular formula is C35H31NO7. The third-order valence-electron chi connectivity index (χ3n) is 7.22. The topological polar surface area (TPSA) is 102 Å². The number of hydrogen-bond donors (Lipinski definition) is 1. The van der Waals surface area contributed by atoms with Crippen molar-refractivity contribution in [3.63, 3.8) is 0 Å². The average Bonchev–Trinajstić information content (AvgIpc) is 3.30. The number of aliphatic hydroxyl groups is 1. The Hall–Kier alpha value is -5.37. The van der Waals surface area contributed by atoms with Crippen molar-refractivity contribution in [2.45, 2.75) is 26.5 Å². The van der Waals surface area contributed by atoms with Gasteiger partial charge in [0.1, 0.15) is 23.9 Å². The van der Waals surface area contributed by atoms with Crippen LogP contribution in [0.15, 0.2) is 103 Å². The lowest BCUT2D eigenvalue weighted by atomic mass is 9.94. The minimum atomic E-state index is -0.936. The zero-order valence-electron chi connectivity index (χ0n) is 24.1. The van der Waals surface area contributed by atoms with Crippen molar-refractivity contribution in [2.75, 3.05) is 18.6 Å². The van der Waals surface area contributed by atoms with E-state index in [-0.39, 0.29) is 17.9 Å². The van der Waals surface area contributed by atoms with Gasteiger partial charge in [0.2, 0.25) is 0 Å². The third-order valence-corrected chi connectivity index (χ3v) is 7.22. The highest BCUT2D eigenvalue weighted by molar-refractivity contribution is 6.51. The molecule has 5 rings (SSSR count). The number of rotatable bonds is 9. The maximum absolute atomic E-state index is 13.5. The lowest BCUT2D eigenvalue weighted by Gasteiger charge is -2.25. The molecule has 0 bridgehead atoms. The molecule has 1 atom stereocenters. The number of aryl methyl sites for hydroxylation is 1. The Balaban J connectivity index is 1.54. The lowest BCUT2D eigenvalue weighted by Crippen LogP contribution is -2.29. The fraction of sp³-hybridized carbons (Fsp3) is 0.171. The van der Waals surface area contributed by atoms with Gasteiger partial charge in [0.15, 0.2) is 0 Å². The summed E-state index contributed by atoms with van der Waals surface area (Å²) in [4.78, 5) is 40.6. The number of carbonyl (C=O) groups is 3. The van der Waals surface area contributed by atoms with Gasteiger partial charge in [0.25, 0.3) is 11.7 Å². The van der Waals surface area contributed by atoms with Crippen LogP contribution < -0.4 is 14.4 Å². The Morgan fingerprint density at radius 1 is 0.884 bits per heavy atom. The number of nitrogens with zero attached hydrogens (tertiary/aromatic N) is 1. The summed E-state index contributed by atoms with van der Waals surface area (Å²) in [5.41, 5.74) is 3.38. The largest absolute Gasteiger partial charge is 0.507 e. The van der Waals surface area contributed by atoms with Gasteiger partial charge in [0.05, 0.1) is 30.9 Å². The standard InChI is InChI=1S/C35H31NO7/c1-4-42-35(40)25-10-15-27(16-11-25)36-31(24-12-17-28(41-3)18-13-24)30(33(38)34(36)39)32(37)26-14-19-29(22(2)20-26)43-21-23-8-6-5-7-9-23/h5-20,31,37H,4,21H2,1-3H3/b32-30-. The molecule has 1 aliphatic rings. The summed E-state index contributed by atoms with van der Waals surface area (Å²) in [6.45, 7) is 4.17. The van der Waals surface area contributed by atoms with E-state index in [1.165, 1.54) is 17.0 Å². The molecule has 1 amide bonds. The van der Waals surface area contributed by atoms with Crippen LogP contribution in [-0.4, -0.2) is 36.5 Å². The molecule has 0 saturated carbocycles. The second-order valence-corrected chi connectivity index (χ2v) is 9.96. The minimum absolute atomic E-state index is 0.0537. The van der Waals surface area contributed by atoms with Crippen LogP contribution in [-0.2, 0) is 20.9 Å². The molecule has 4 aromatic carbocycles. The van der Waals surface area contributed by atoms with Crippen molar-refractivity contribution in [3.05, 3.63) is 130 Å². The van der Waals surface area contributed by atoms with Crippen molar-refractivity contribution in [1.29, 1.82) is 0 Å². The highest BCUT2D eigenvalue weighted by Crippen LogP contribution is 2.43. The zero-order valence-corrected chi connectivity index (χ0v) is 24.1. The first kappa shape index (κ1) is 29.1. The highest BCUT2D eigenvalue weighted by Gasteiger charge is 2.47. The minimum Gasteiger partial charge on any atom is -0.507 e. The van der Waals surface area contributed by atoms with Gasteiger partial charge in [-0.1, -0.05) is 42.5 Å². The molecular weight excluding hydrogens is 546 g/mol. The smallest absolute Gasteiger partial charge is 0.338 e. The van der Waals surface area contributed by atoms with E-state index in [1.807, 2.05) is 37.3 Å². The molecule has 8 nitrogen and oxygen atoms in total. The molecule has 43 heavy (non-hydrogen) atoms. The van der Waals surface area contributed by atoms with E-state index in [2.05, 4.69) is 0 Å². The second kappa shape index (κ2) is 12.7. The van der Waals surface area contributed by atoms with E-state index in [4.69, 9.17) is 14.2 Å². The molecule has 1 heterocycles. The predicted octanol–water partition coefficient (Wildman–Crippen LogP) is 6.39. The molecule has 8 heteroatoms. The molecule has 4 aromatic rings. The Bertz CT molecular complexity index is 1680. The first-order chi connectivity index (χ1) is 20.8. The van der Waals surface area contributed by atoms with Crippen molar-refractivity contribution in [1.82, 2.24) is 0 Å². The van der Waals surface area contributed by atoms with Gasteiger partial charge < -0.3 is 19.3 Å². The van der Waals surface area contributed by atoms with Crippen LogP contribution in [0.3, 0.4) is 0 Å². The van der Waals surface area contributed by atoms with Gasteiger partial charge in [-0.25, -0.2) is 4.79 Å². The Morgan fingerprint density at radius 3 is 2.19 bits per heavy atom. The number of amides is 1. The first-order valence-corrected chi connectivity index (χ1v) is 13.8. The summed E-state index contributed by atoms with van der Waals surface area (Å²) in [6, 6.07) is 27.1. The molecule has 1 fully saturated rings. The molecule has 1 unspecified atom stereocenters. The van der Waals surface area contributed by atoms with Gasteiger partial charge in [-0.15, -0.1) is 0 Å². The van der Waals surface area contributed by atoms with Crippen molar-refractivity contribution in [3.8, 4) is 11.5 Å². The van der Waals surface area contributed by atoms with Gasteiger partial charge in [-0.2, -0.15) is 0 Å². The fourth-order valence-electron chi connectivity index (χ4n) is 5.02. The lowest BCUT2D eigenvalue weighted by molar-refractivity contribution is -0.132. The number of carbonyl (C=O) groups excluding carboxylic acids is 3. The van der Waals surface area contributed by atoms with Crippen LogP contribution in [0.4, 0.5) is 5.69 Å². The van der Waals surface area contributed by atoms with E-state index in [0.29, 0.717) is 40.5 Å². The van der Waals surface area contributed by atoms with Gasteiger partial charge in [0, 0.05) is 11.3 Å². The molecule has 1 saturated heterocycles. The molecule has 0 aliphatic carbocycles. The molecule has 0 aromatic heterocycles. The van der Waals surface area contributed by atoms with Crippen molar-refractivity contribution in [2.24, 2.45) is 0 Å². The zero-order chi connectivity index (χ0) is 30.5. The van der Waals surface area contributed by atoms with Crippen LogP contribution in [0.25, 0.3) is 5.76 Å². The average molecular weight is 578 g/mol. The van der Waals surface area contributed by atoms with Crippen LogP contribution in [0.2, 0.25) is 0 Å². The summed E-state index contributed by atoms with van der Waals surface area (Å²) in [7, 11) is 1.54. The molecule has 0 spiro atoms. The Labute approximate surface area is 249 Å². The van der Waals surface area contributed by atoms with Gasteiger partial charge in [-0.05, 0) is 85.1 Å². The van der Waals surface area contributed by atoms with Gasteiger partial charge in [-0.3, -0.25) is 14.5 Å².